The molecule has 0 aliphatic rings. The predicted molar refractivity (Wildman–Crippen MR) is 171 cm³/mol. The Hall–Kier alpha value is -5.99. The summed E-state index contributed by atoms with van der Waals surface area (Å²) in [6.45, 7) is 0. The van der Waals surface area contributed by atoms with Crippen LogP contribution in [0.4, 0.5) is 0 Å². The molecule has 0 fully saturated rings. The van der Waals surface area contributed by atoms with E-state index in [0.717, 1.165) is 33.1 Å². The van der Waals surface area contributed by atoms with Gasteiger partial charge in [0.2, 0.25) is 5.82 Å². The number of fused-ring (bicyclic) bond motifs is 12. The van der Waals surface area contributed by atoms with Gasteiger partial charge in [-0.3, -0.25) is 4.57 Å². The van der Waals surface area contributed by atoms with Crippen molar-refractivity contribution in [2.45, 2.75) is 0 Å². The third-order valence-electron chi connectivity index (χ3n) is 8.86. The fourth-order valence-corrected chi connectivity index (χ4v) is 7.19. The third-order valence-corrected chi connectivity index (χ3v) is 8.86. The summed E-state index contributed by atoms with van der Waals surface area (Å²) < 4.78 is 4.69. The van der Waals surface area contributed by atoms with Crippen molar-refractivity contribution in [3.8, 4) is 11.9 Å². The SMILES string of the molecule is N#Cc1nc(-n2c3ccccc3c3cc4c5ccccc5n5c6cc7ccccc7cc6c(c32)c45)c2ccccc2n1. The highest BCUT2D eigenvalue weighted by Gasteiger charge is 2.25. The van der Waals surface area contributed by atoms with E-state index < -0.39 is 0 Å². The van der Waals surface area contributed by atoms with Crippen molar-refractivity contribution in [2.24, 2.45) is 0 Å². The third kappa shape index (κ3) is 2.57. The Morgan fingerprint density at radius 3 is 1.98 bits per heavy atom. The number of nitrogens with zero attached hydrogens (tertiary/aromatic N) is 5. The normalized spacial score (nSPS) is 12.3. The van der Waals surface area contributed by atoms with E-state index in [1.54, 1.807) is 0 Å². The zero-order valence-electron chi connectivity index (χ0n) is 22.2. The second-order valence-electron chi connectivity index (χ2n) is 11.0. The number of nitriles is 1. The first-order valence-corrected chi connectivity index (χ1v) is 14.0. The maximum absolute atomic E-state index is 9.92. The Labute approximate surface area is 238 Å². The molecule has 4 heterocycles. The van der Waals surface area contributed by atoms with Crippen molar-refractivity contribution in [1.82, 2.24) is 18.9 Å². The molecule has 0 radical (unpaired) electrons. The summed E-state index contributed by atoms with van der Waals surface area (Å²) >= 11 is 0. The average Bonchev–Trinajstić information content (AvgIpc) is 3.67. The van der Waals surface area contributed by atoms with Gasteiger partial charge in [-0.05, 0) is 53.2 Å². The number of para-hydroxylation sites is 3. The highest BCUT2D eigenvalue weighted by Crippen LogP contribution is 2.47. The second kappa shape index (κ2) is 7.60. The zero-order valence-corrected chi connectivity index (χ0v) is 22.2. The summed E-state index contributed by atoms with van der Waals surface area (Å²) in [5, 5.41) is 20.4. The topological polar surface area (TPSA) is 58.9 Å². The summed E-state index contributed by atoms with van der Waals surface area (Å²) in [4.78, 5) is 9.40. The average molecular weight is 534 g/mol. The van der Waals surface area contributed by atoms with E-state index in [4.69, 9.17) is 4.98 Å². The van der Waals surface area contributed by atoms with Gasteiger partial charge in [0.15, 0.2) is 0 Å². The van der Waals surface area contributed by atoms with Crippen LogP contribution >= 0.6 is 0 Å². The Balaban J connectivity index is 1.56. The van der Waals surface area contributed by atoms with E-state index in [2.05, 4.69) is 111 Å². The number of hydrogen-bond acceptors (Lipinski definition) is 3. The number of aromatic nitrogens is 4. The quantitative estimate of drug-likeness (QED) is 0.212. The fourth-order valence-electron chi connectivity index (χ4n) is 7.19. The molecule has 0 unspecified atom stereocenters. The number of hydrogen-bond donors (Lipinski definition) is 0. The first-order valence-electron chi connectivity index (χ1n) is 14.0. The molecule has 0 saturated heterocycles. The van der Waals surface area contributed by atoms with Crippen LogP contribution in [-0.4, -0.2) is 18.9 Å². The minimum Gasteiger partial charge on any atom is -0.308 e. The predicted octanol–water partition coefficient (Wildman–Crippen LogP) is 8.90. The van der Waals surface area contributed by atoms with Gasteiger partial charge >= 0.3 is 0 Å². The molecule has 0 N–H and O–H groups in total. The van der Waals surface area contributed by atoms with Gasteiger partial charge in [-0.1, -0.05) is 72.8 Å². The molecule has 0 aliphatic carbocycles. The first-order chi connectivity index (χ1) is 20.8. The van der Waals surface area contributed by atoms with Gasteiger partial charge in [-0.25, -0.2) is 9.97 Å². The zero-order chi connectivity index (χ0) is 27.5. The lowest BCUT2D eigenvalue weighted by atomic mass is 10.0. The molecule has 42 heavy (non-hydrogen) atoms. The van der Waals surface area contributed by atoms with Crippen molar-refractivity contribution < 1.29 is 0 Å². The van der Waals surface area contributed by atoms with Gasteiger partial charge in [0, 0.05) is 37.7 Å². The van der Waals surface area contributed by atoms with Crippen LogP contribution in [-0.2, 0) is 0 Å². The van der Waals surface area contributed by atoms with Crippen LogP contribution in [0.25, 0.3) is 87.4 Å². The highest BCUT2D eigenvalue weighted by atomic mass is 15.1. The summed E-state index contributed by atoms with van der Waals surface area (Å²) in [7, 11) is 0. The molecule has 0 saturated carbocycles. The van der Waals surface area contributed by atoms with E-state index in [1.165, 1.54) is 54.3 Å². The Morgan fingerprint density at radius 2 is 1.17 bits per heavy atom. The smallest absolute Gasteiger partial charge is 0.234 e. The van der Waals surface area contributed by atoms with Crippen molar-refractivity contribution in [3.63, 3.8) is 0 Å². The maximum atomic E-state index is 9.92. The summed E-state index contributed by atoms with van der Waals surface area (Å²) in [5.74, 6) is 0.878. The molecule has 10 rings (SSSR count). The van der Waals surface area contributed by atoms with Crippen LogP contribution in [0.3, 0.4) is 0 Å². The Kier molecular flexibility index (Phi) is 3.94. The molecule has 5 heteroatoms. The molecule has 6 aromatic carbocycles. The molecule has 0 atom stereocenters. The van der Waals surface area contributed by atoms with E-state index in [0.29, 0.717) is 0 Å². The van der Waals surface area contributed by atoms with Gasteiger partial charge in [0.1, 0.15) is 11.9 Å². The Bertz CT molecular complexity index is 2810. The first kappa shape index (κ1) is 21.8. The van der Waals surface area contributed by atoms with Crippen LogP contribution in [0.5, 0.6) is 0 Å². The molecule has 0 spiro atoms. The largest absolute Gasteiger partial charge is 0.308 e. The van der Waals surface area contributed by atoms with Gasteiger partial charge in [0.25, 0.3) is 0 Å². The molecule has 0 amide bonds. The second-order valence-corrected chi connectivity index (χ2v) is 11.0. The fraction of sp³-hybridized carbons (Fsp3) is 0. The van der Waals surface area contributed by atoms with E-state index >= 15 is 0 Å². The van der Waals surface area contributed by atoms with E-state index in [9.17, 15) is 5.26 Å². The molecule has 5 nitrogen and oxygen atoms in total. The van der Waals surface area contributed by atoms with E-state index in [1.807, 2.05) is 24.3 Å². The summed E-state index contributed by atoms with van der Waals surface area (Å²) in [6.07, 6.45) is 0. The summed E-state index contributed by atoms with van der Waals surface area (Å²) in [5.41, 5.74) is 6.48. The van der Waals surface area contributed by atoms with Crippen molar-refractivity contribution in [2.75, 3.05) is 0 Å². The molecule has 4 aromatic heterocycles. The number of benzene rings is 6. The van der Waals surface area contributed by atoms with E-state index in [-0.39, 0.29) is 5.82 Å². The van der Waals surface area contributed by atoms with Gasteiger partial charge in [-0.2, -0.15) is 5.26 Å². The minimum atomic E-state index is 0.160. The van der Waals surface area contributed by atoms with Crippen molar-refractivity contribution in [1.29, 1.82) is 5.26 Å². The highest BCUT2D eigenvalue weighted by molar-refractivity contribution is 6.35. The molecule has 10 aromatic rings. The summed E-state index contributed by atoms with van der Waals surface area (Å²) in [6, 6.07) is 42.9. The molecule has 192 valence electrons. The van der Waals surface area contributed by atoms with Gasteiger partial charge in [-0.15, -0.1) is 0 Å². The number of rotatable bonds is 1. The lowest BCUT2D eigenvalue weighted by molar-refractivity contribution is 1.05. The monoisotopic (exact) mass is 533 g/mol. The molecule has 0 bridgehead atoms. The van der Waals surface area contributed by atoms with Crippen molar-refractivity contribution >= 4 is 81.6 Å². The van der Waals surface area contributed by atoms with Crippen LogP contribution in [0.2, 0.25) is 0 Å². The lowest BCUT2D eigenvalue weighted by Crippen LogP contribution is -2.03. The molecular weight excluding hydrogens is 514 g/mol. The standard InChI is InChI=1S/C37H19N5/c38-20-33-39-29-14-6-3-13-25(29)37(40-33)42-31-16-8-5-12-24(31)27-19-26-23-11-4-7-15-30(23)41-32-18-22-10-2-1-9-21(22)17-28(32)34(35(26)41)36(27)42/h1-19H. The van der Waals surface area contributed by atoms with Gasteiger partial charge < -0.3 is 4.40 Å². The van der Waals surface area contributed by atoms with Crippen molar-refractivity contribution in [3.05, 3.63) is 121 Å². The Morgan fingerprint density at radius 1 is 0.524 bits per heavy atom. The van der Waals surface area contributed by atoms with Crippen LogP contribution in [0.15, 0.2) is 115 Å². The van der Waals surface area contributed by atoms with Crippen LogP contribution < -0.4 is 0 Å². The van der Waals surface area contributed by atoms with Crippen LogP contribution in [0, 0.1) is 11.3 Å². The molecule has 0 aliphatic heterocycles. The van der Waals surface area contributed by atoms with Crippen LogP contribution in [0.1, 0.15) is 5.82 Å². The minimum absolute atomic E-state index is 0.160. The van der Waals surface area contributed by atoms with Gasteiger partial charge in [0.05, 0.1) is 33.1 Å². The molecular formula is C37H19N5. The maximum Gasteiger partial charge on any atom is 0.234 e. The lowest BCUT2D eigenvalue weighted by Gasteiger charge is -2.11.